The van der Waals surface area contributed by atoms with Crippen LogP contribution in [-0.4, -0.2) is 33.5 Å². The number of rotatable bonds is 3. The summed E-state index contributed by atoms with van der Waals surface area (Å²) >= 11 is 5.60. The zero-order valence-electron chi connectivity index (χ0n) is 6.90. The van der Waals surface area contributed by atoms with E-state index in [-0.39, 0.29) is 10.7 Å². The van der Waals surface area contributed by atoms with Gasteiger partial charge in [-0.2, -0.15) is 0 Å². The van der Waals surface area contributed by atoms with Crippen LogP contribution in [0.2, 0.25) is 5.02 Å². The highest BCUT2D eigenvalue weighted by Crippen LogP contribution is 2.09. The fraction of sp³-hybridized carbons (Fsp3) is 0.143. The van der Waals surface area contributed by atoms with Crippen LogP contribution in [0.1, 0.15) is 10.5 Å². The first kappa shape index (κ1) is 10.4. The van der Waals surface area contributed by atoms with Gasteiger partial charge in [0.25, 0.3) is 5.91 Å². The van der Waals surface area contributed by atoms with Crippen LogP contribution in [0.25, 0.3) is 0 Å². The van der Waals surface area contributed by atoms with E-state index in [2.05, 4.69) is 15.3 Å². The molecule has 0 spiro atoms. The summed E-state index contributed by atoms with van der Waals surface area (Å²) in [7, 11) is 0. The number of halogens is 1. The molecule has 1 aromatic heterocycles. The van der Waals surface area contributed by atoms with Crippen molar-refractivity contribution < 1.29 is 14.7 Å². The first-order chi connectivity index (χ1) is 6.61. The Labute approximate surface area is 83.9 Å². The maximum absolute atomic E-state index is 11.2. The average Bonchev–Trinajstić information content (AvgIpc) is 2.15. The minimum atomic E-state index is -1.14. The lowest BCUT2D eigenvalue weighted by atomic mass is 10.4. The number of nitrogens with one attached hydrogen (secondary N) is 1. The lowest BCUT2D eigenvalue weighted by Crippen LogP contribution is -2.30. The van der Waals surface area contributed by atoms with Crippen LogP contribution in [0, 0.1) is 0 Å². The molecule has 0 radical (unpaired) electrons. The predicted octanol–water partition coefficient (Wildman–Crippen LogP) is -0.0556. The number of carbonyl (C=O) groups is 2. The van der Waals surface area contributed by atoms with Gasteiger partial charge >= 0.3 is 5.97 Å². The fourth-order valence-corrected chi connectivity index (χ4v) is 0.910. The van der Waals surface area contributed by atoms with Crippen molar-refractivity contribution >= 4 is 23.5 Å². The van der Waals surface area contributed by atoms with E-state index in [0.29, 0.717) is 0 Å². The minimum absolute atomic E-state index is 0.0390. The van der Waals surface area contributed by atoms with Gasteiger partial charge in [-0.1, -0.05) is 11.6 Å². The van der Waals surface area contributed by atoms with Crippen LogP contribution in [0.15, 0.2) is 12.5 Å². The molecule has 0 aliphatic rings. The summed E-state index contributed by atoms with van der Waals surface area (Å²) in [4.78, 5) is 28.6. The second-order valence-electron chi connectivity index (χ2n) is 2.30. The van der Waals surface area contributed by atoms with Gasteiger partial charge < -0.3 is 10.4 Å². The van der Waals surface area contributed by atoms with E-state index in [1.54, 1.807) is 0 Å². The van der Waals surface area contributed by atoms with Crippen molar-refractivity contribution in [2.24, 2.45) is 0 Å². The Morgan fingerprint density at radius 2 is 2.29 bits per heavy atom. The molecular formula is C7H6ClN3O3. The summed E-state index contributed by atoms with van der Waals surface area (Å²) in [6, 6.07) is 0. The number of hydrogen-bond acceptors (Lipinski definition) is 4. The fourth-order valence-electron chi connectivity index (χ4n) is 0.719. The van der Waals surface area contributed by atoms with E-state index >= 15 is 0 Å². The number of amides is 1. The topological polar surface area (TPSA) is 92.2 Å². The van der Waals surface area contributed by atoms with E-state index in [9.17, 15) is 9.59 Å². The molecule has 1 rings (SSSR count). The normalized spacial score (nSPS) is 9.50. The Bertz CT molecular complexity index is 369. The van der Waals surface area contributed by atoms with Crippen LogP contribution in [0.5, 0.6) is 0 Å². The molecule has 0 fully saturated rings. The van der Waals surface area contributed by atoms with Crippen molar-refractivity contribution in [2.75, 3.05) is 6.54 Å². The number of carboxylic acid groups (broad SMARTS) is 1. The highest BCUT2D eigenvalue weighted by Gasteiger charge is 2.12. The molecule has 1 aromatic rings. The zero-order chi connectivity index (χ0) is 10.6. The van der Waals surface area contributed by atoms with Gasteiger partial charge in [-0.15, -0.1) is 0 Å². The largest absolute Gasteiger partial charge is 0.480 e. The molecular weight excluding hydrogens is 210 g/mol. The highest BCUT2D eigenvalue weighted by molar-refractivity contribution is 6.33. The molecule has 2 N–H and O–H groups in total. The summed E-state index contributed by atoms with van der Waals surface area (Å²) in [5.74, 6) is -1.77. The van der Waals surface area contributed by atoms with Crippen LogP contribution < -0.4 is 5.32 Å². The molecule has 6 nitrogen and oxygen atoms in total. The molecule has 0 atom stereocenters. The lowest BCUT2D eigenvalue weighted by molar-refractivity contribution is -0.135. The van der Waals surface area contributed by atoms with Gasteiger partial charge in [0.05, 0.1) is 5.02 Å². The molecule has 0 aliphatic heterocycles. The predicted molar refractivity (Wildman–Crippen MR) is 47.0 cm³/mol. The Morgan fingerprint density at radius 3 is 2.86 bits per heavy atom. The van der Waals surface area contributed by atoms with Gasteiger partial charge in [-0.05, 0) is 0 Å². The summed E-state index contributed by atoms with van der Waals surface area (Å²) in [6.45, 7) is -0.473. The maximum Gasteiger partial charge on any atom is 0.322 e. The zero-order valence-corrected chi connectivity index (χ0v) is 7.65. The maximum atomic E-state index is 11.2. The van der Waals surface area contributed by atoms with Gasteiger partial charge in [0.1, 0.15) is 18.6 Å². The van der Waals surface area contributed by atoms with E-state index in [4.69, 9.17) is 16.7 Å². The summed E-state index contributed by atoms with van der Waals surface area (Å²) in [5, 5.41) is 10.5. The number of aromatic nitrogens is 2. The minimum Gasteiger partial charge on any atom is -0.480 e. The van der Waals surface area contributed by atoms with Crippen molar-refractivity contribution in [1.82, 2.24) is 15.3 Å². The Morgan fingerprint density at radius 1 is 1.57 bits per heavy atom. The van der Waals surface area contributed by atoms with Gasteiger partial charge in [0.2, 0.25) is 0 Å². The number of carbonyl (C=O) groups excluding carboxylic acids is 1. The van der Waals surface area contributed by atoms with Crippen LogP contribution in [0.4, 0.5) is 0 Å². The standard InChI is InChI=1S/C7H6ClN3O3/c8-4-1-9-3-11-6(4)7(14)10-2-5(12)13/h1,3H,2H2,(H,10,14)(H,12,13). The highest BCUT2D eigenvalue weighted by atomic mass is 35.5. The second kappa shape index (κ2) is 4.52. The van der Waals surface area contributed by atoms with Crippen LogP contribution in [0.3, 0.4) is 0 Å². The molecule has 14 heavy (non-hydrogen) atoms. The molecule has 0 saturated heterocycles. The first-order valence-corrected chi connectivity index (χ1v) is 3.94. The number of hydrogen-bond donors (Lipinski definition) is 2. The lowest BCUT2D eigenvalue weighted by Gasteiger charge is -2.01. The summed E-state index contributed by atoms with van der Waals surface area (Å²) in [6.07, 6.45) is 2.41. The Hall–Kier alpha value is -1.69. The quantitative estimate of drug-likeness (QED) is 0.737. The third-order valence-electron chi connectivity index (χ3n) is 1.28. The summed E-state index contributed by atoms with van der Waals surface area (Å²) < 4.78 is 0. The second-order valence-corrected chi connectivity index (χ2v) is 2.70. The SMILES string of the molecule is O=C(O)CNC(=O)c1ncncc1Cl. The first-order valence-electron chi connectivity index (χ1n) is 3.56. The number of nitrogens with zero attached hydrogens (tertiary/aromatic N) is 2. The van der Waals surface area contributed by atoms with Gasteiger partial charge in [-0.3, -0.25) is 9.59 Å². The van der Waals surface area contributed by atoms with Crippen molar-refractivity contribution in [3.05, 3.63) is 23.2 Å². The van der Waals surface area contributed by atoms with Gasteiger partial charge in [0.15, 0.2) is 0 Å². The van der Waals surface area contributed by atoms with Crippen molar-refractivity contribution in [3.8, 4) is 0 Å². The third kappa shape index (κ3) is 2.67. The van der Waals surface area contributed by atoms with E-state index in [1.165, 1.54) is 6.20 Å². The molecule has 0 bridgehead atoms. The molecule has 74 valence electrons. The Kier molecular flexibility index (Phi) is 3.35. The number of aliphatic carboxylic acids is 1. The third-order valence-corrected chi connectivity index (χ3v) is 1.56. The van der Waals surface area contributed by atoms with Gasteiger partial charge in [0, 0.05) is 6.20 Å². The van der Waals surface area contributed by atoms with Crippen molar-refractivity contribution in [3.63, 3.8) is 0 Å². The average molecular weight is 216 g/mol. The molecule has 0 saturated carbocycles. The molecule has 1 amide bonds. The van der Waals surface area contributed by atoms with E-state index < -0.39 is 18.4 Å². The van der Waals surface area contributed by atoms with E-state index in [0.717, 1.165) is 6.33 Å². The van der Waals surface area contributed by atoms with Crippen molar-refractivity contribution in [1.29, 1.82) is 0 Å². The van der Waals surface area contributed by atoms with Crippen LogP contribution >= 0.6 is 11.6 Å². The molecule has 0 aromatic carbocycles. The van der Waals surface area contributed by atoms with E-state index in [1.807, 2.05) is 0 Å². The number of carboxylic acids is 1. The van der Waals surface area contributed by atoms with Crippen molar-refractivity contribution in [2.45, 2.75) is 0 Å². The molecule has 1 heterocycles. The smallest absolute Gasteiger partial charge is 0.322 e. The molecule has 0 unspecified atom stereocenters. The summed E-state index contributed by atoms with van der Waals surface area (Å²) in [5.41, 5.74) is -0.0390. The van der Waals surface area contributed by atoms with Crippen LogP contribution in [-0.2, 0) is 4.79 Å². The van der Waals surface area contributed by atoms with Gasteiger partial charge in [-0.25, -0.2) is 9.97 Å². The monoisotopic (exact) mass is 215 g/mol. The molecule has 0 aliphatic carbocycles. The molecule has 7 heteroatoms. The Balaban J connectivity index is 2.70.